The summed E-state index contributed by atoms with van der Waals surface area (Å²) < 4.78 is 10.5. The lowest BCUT2D eigenvalue weighted by molar-refractivity contribution is -0.141. The average Bonchev–Trinajstić information content (AvgIpc) is 2.79. The van der Waals surface area contributed by atoms with Crippen molar-refractivity contribution in [1.82, 2.24) is 4.90 Å². The number of oxime groups is 1. The molecule has 1 aliphatic rings. The summed E-state index contributed by atoms with van der Waals surface area (Å²) in [6, 6.07) is 14.4. The maximum Gasteiger partial charge on any atom is 0.410 e. The molecule has 0 unspecified atom stereocenters. The Kier molecular flexibility index (Phi) is 7.48. The van der Waals surface area contributed by atoms with Crippen molar-refractivity contribution in [2.24, 2.45) is 11.1 Å². The van der Waals surface area contributed by atoms with Crippen LogP contribution in [0.15, 0.2) is 53.7 Å². The fourth-order valence-electron chi connectivity index (χ4n) is 3.46. The SMILES string of the molecule is COc1ccc(/C(=N/OC(C)=O)C2CCN(C(=O)OCc3ccccc3)CC2)c(O)c1. The smallest absolute Gasteiger partial charge is 0.410 e. The Morgan fingerprint density at radius 1 is 1.13 bits per heavy atom. The number of rotatable bonds is 6. The number of phenolic OH excluding ortho intramolecular Hbond substituents is 1. The Balaban J connectivity index is 1.65. The molecule has 2 aromatic carbocycles. The maximum absolute atomic E-state index is 12.4. The van der Waals surface area contributed by atoms with Crippen molar-refractivity contribution in [1.29, 1.82) is 0 Å². The van der Waals surface area contributed by atoms with Gasteiger partial charge >= 0.3 is 12.1 Å². The monoisotopic (exact) mass is 426 g/mol. The summed E-state index contributed by atoms with van der Waals surface area (Å²) in [5.74, 6) is -0.164. The minimum Gasteiger partial charge on any atom is -0.507 e. The van der Waals surface area contributed by atoms with Crippen molar-refractivity contribution < 1.29 is 29.0 Å². The number of likely N-dealkylation sites (tertiary alicyclic amines) is 1. The minimum atomic E-state index is -0.549. The molecule has 8 heteroatoms. The Bertz CT molecular complexity index is 936. The number of amides is 1. The molecule has 1 saturated heterocycles. The molecule has 0 atom stereocenters. The van der Waals surface area contributed by atoms with Gasteiger partial charge in [0.25, 0.3) is 0 Å². The summed E-state index contributed by atoms with van der Waals surface area (Å²) in [6.07, 6.45) is 0.811. The number of carbonyl (C=O) groups is 2. The van der Waals surface area contributed by atoms with E-state index in [0.29, 0.717) is 43.0 Å². The second-order valence-electron chi connectivity index (χ2n) is 7.24. The van der Waals surface area contributed by atoms with Crippen molar-refractivity contribution in [3.05, 3.63) is 59.7 Å². The van der Waals surface area contributed by atoms with E-state index in [2.05, 4.69) is 5.16 Å². The Morgan fingerprint density at radius 2 is 1.84 bits per heavy atom. The van der Waals surface area contributed by atoms with Crippen molar-refractivity contribution in [3.63, 3.8) is 0 Å². The van der Waals surface area contributed by atoms with E-state index in [9.17, 15) is 14.7 Å². The van der Waals surface area contributed by atoms with Gasteiger partial charge in [0.15, 0.2) is 0 Å². The molecule has 1 amide bonds. The van der Waals surface area contributed by atoms with E-state index in [1.165, 1.54) is 20.1 Å². The molecule has 2 aromatic rings. The number of aromatic hydroxyl groups is 1. The Morgan fingerprint density at radius 3 is 2.45 bits per heavy atom. The number of phenols is 1. The van der Waals surface area contributed by atoms with Gasteiger partial charge in [0.2, 0.25) is 0 Å². The summed E-state index contributed by atoms with van der Waals surface area (Å²) in [6.45, 7) is 2.42. The number of piperidine rings is 1. The molecular formula is C23H26N2O6. The van der Waals surface area contributed by atoms with Crippen molar-refractivity contribution >= 4 is 17.8 Å². The number of hydrogen-bond acceptors (Lipinski definition) is 7. The molecule has 1 aliphatic heterocycles. The largest absolute Gasteiger partial charge is 0.507 e. The molecule has 0 radical (unpaired) electrons. The number of hydrogen-bond donors (Lipinski definition) is 1. The van der Waals surface area contributed by atoms with Crippen LogP contribution in [-0.4, -0.2) is 48.0 Å². The predicted octanol–water partition coefficient (Wildman–Crippen LogP) is 3.72. The van der Waals surface area contributed by atoms with E-state index in [0.717, 1.165) is 5.56 Å². The molecule has 0 saturated carbocycles. The third kappa shape index (κ3) is 5.97. The van der Waals surface area contributed by atoms with Gasteiger partial charge in [-0.2, -0.15) is 0 Å². The molecule has 1 fully saturated rings. The van der Waals surface area contributed by atoms with Crippen LogP contribution >= 0.6 is 0 Å². The molecule has 3 rings (SSSR count). The molecule has 1 N–H and O–H groups in total. The topological polar surface area (TPSA) is 97.7 Å². The summed E-state index contributed by atoms with van der Waals surface area (Å²) in [5, 5.41) is 14.4. The van der Waals surface area contributed by atoms with Gasteiger partial charge in [-0.1, -0.05) is 35.5 Å². The van der Waals surface area contributed by atoms with Crippen LogP contribution in [0.3, 0.4) is 0 Å². The van der Waals surface area contributed by atoms with E-state index >= 15 is 0 Å². The van der Waals surface area contributed by atoms with Crippen LogP contribution in [0, 0.1) is 5.92 Å². The predicted molar refractivity (Wildman–Crippen MR) is 114 cm³/mol. The zero-order valence-corrected chi connectivity index (χ0v) is 17.6. The van der Waals surface area contributed by atoms with Crippen molar-refractivity contribution in [3.8, 4) is 11.5 Å². The molecule has 0 spiro atoms. The van der Waals surface area contributed by atoms with Crippen molar-refractivity contribution in [2.75, 3.05) is 20.2 Å². The summed E-state index contributed by atoms with van der Waals surface area (Å²) in [7, 11) is 1.51. The third-order valence-corrected chi connectivity index (χ3v) is 5.10. The van der Waals surface area contributed by atoms with Crippen LogP contribution in [0.4, 0.5) is 4.79 Å². The first-order valence-electron chi connectivity index (χ1n) is 10.1. The van der Waals surface area contributed by atoms with Gasteiger partial charge in [-0.05, 0) is 30.5 Å². The standard InChI is InChI=1S/C23H26N2O6/c1-16(26)31-24-22(20-9-8-19(29-2)14-21(20)27)18-10-12-25(13-11-18)23(28)30-15-17-6-4-3-5-7-17/h3-9,14,18,27H,10-13,15H2,1-2H3/b24-22+. The van der Waals surface area contributed by atoms with E-state index in [1.807, 2.05) is 30.3 Å². The zero-order valence-electron chi connectivity index (χ0n) is 17.6. The first kappa shape index (κ1) is 22.1. The molecule has 8 nitrogen and oxygen atoms in total. The molecule has 164 valence electrons. The summed E-state index contributed by atoms with van der Waals surface area (Å²) >= 11 is 0. The Hall–Kier alpha value is -3.55. The highest BCUT2D eigenvalue weighted by Gasteiger charge is 2.29. The zero-order chi connectivity index (χ0) is 22.2. The number of carbonyl (C=O) groups excluding carboxylic acids is 2. The van der Waals surface area contributed by atoms with Crippen LogP contribution in [0.25, 0.3) is 0 Å². The lowest BCUT2D eigenvalue weighted by Gasteiger charge is -2.31. The van der Waals surface area contributed by atoms with Gasteiger partial charge in [0, 0.05) is 37.6 Å². The van der Waals surface area contributed by atoms with E-state index < -0.39 is 5.97 Å². The Labute approximate surface area is 181 Å². The number of benzene rings is 2. The van der Waals surface area contributed by atoms with Gasteiger partial charge in [-0.25, -0.2) is 9.59 Å². The minimum absolute atomic E-state index is 0.0186. The van der Waals surface area contributed by atoms with Crippen molar-refractivity contribution in [2.45, 2.75) is 26.4 Å². The second-order valence-corrected chi connectivity index (χ2v) is 7.24. The van der Waals surface area contributed by atoms with Crippen LogP contribution in [0.1, 0.15) is 30.9 Å². The van der Waals surface area contributed by atoms with Crippen LogP contribution in [0.2, 0.25) is 0 Å². The molecule has 0 aliphatic carbocycles. The van der Waals surface area contributed by atoms with Gasteiger partial charge in [-0.3, -0.25) is 0 Å². The highest BCUT2D eigenvalue weighted by Crippen LogP contribution is 2.30. The van der Waals surface area contributed by atoms with Gasteiger partial charge in [0.05, 0.1) is 12.8 Å². The third-order valence-electron chi connectivity index (χ3n) is 5.10. The lowest BCUT2D eigenvalue weighted by Crippen LogP contribution is -2.40. The fourth-order valence-corrected chi connectivity index (χ4v) is 3.46. The first-order chi connectivity index (χ1) is 15.0. The summed E-state index contributed by atoms with van der Waals surface area (Å²) in [4.78, 5) is 30.2. The van der Waals surface area contributed by atoms with E-state index in [1.54, 1.807) is 17.0 Å². The molecule has 0 bridgehead atoms. The van der Waals surface area contributed by atoms with E-state index in [-0.39, 0.29) is 24.4 Å². The first-order valence-corrected chi connectivity index (χ1v) is 10.1. The van der Waals surface area contributed by atoms with Crippen LogP contribution < -0.4 is 4.74 Å². The molecule has 0 aromatic heterocycles. The number of ether oxygens (including phenoxy) is 2. The van der Waals surface area contributed by atoms with Gasteiger partial charge in [0.1, 0.15) is 18.1 Å². The molecular weight excluding hydrogens is 400 g/mol. The molecule has 31 heavy (non-hydrogen) atoms. The maximum atomic E-state index is 12.4. The lowest BCUT2D eigenvalue weighted by atomic mass is 9.88. The van der Waals surface area contributed by atoms with Crippen LogP contribution in [0.5, 0.6) is 11.5 Å². The highest BCUT2D eigenvalue weighted by molar-refractivity contribution is 6.04. The van der Waals surface area contributed by atoms with E-state index in [4.69, 9.17) is 14.3 Å². The normalized spacial score (nSPS) is 14.8. The van der Waals surface area contributed by atoms with Gasteiger partial charge < -0.3 is 24.3 Å². The second kappa shape index (κ2) is 10.5. The fraction of sp³-hybridized carbons (Fsp3) is 0.348. The average molecular weight is 426 g/mol. The van der Waals surface area contributed by atoms with Gasteiger partial charge in [-0.15, -0.1) is 0 Å². The highest BCUT2D eigenvalue weighted by atomic mass is 16.7. The quantitative estimate of drug-likeness (QED) is 0.430. The molecule has 1 heterocycles. The number of methoxy groups -OCH3 is 1. The van der Waals surface area contributed by atoms with Crippen LogP contribution in [-0.2, 0) is 21.0 Å². The number of nitrogens with zero attached hydrogens (tertiary/aromatic N) is 2. The summed E-state index contributed by atoms with van der Waals surface area (Å²) in [5.41, 5.74) is 1.86.